The first-order chi connectivity index (χ1) is 11.8. The minimum Gasteiger partial charge on any atom is -0.325 e. The van der Waals surface area contributed by atoms with E-state index in [-0.39, 0.29) is 24.7 Å². The minimum atomic E-state index is -0.738. The molecule has 0 saturated carbocycles. The lowest BCUT2D eigenvalue weighted by molar-refractivity contribution is -0.119. The Hall–Kier alpha value is -2.51. The molecule has 132 valence electrons. The van der Waals surface area contributed by atoms with Gasteiger partial charge < -0.3 is 10.6 Å². The van der Waals surface area contributed by atoms with Crippen LogP contribution in [0.4, 0.5) is 20.2 Å². The van der Waals surface area contributed by atoms with Crippen LogP contribution in [0.25, 0.3) is 0 Å². The second kappa shape index (κ2) is 8.55. The first-order valence-corrected chi connectivity index (χ1v) is 7.70. The number of likely N-dealkylation sites (N-methyl/N-ethyl adjacent to an activating group) is 1. The number of carbonyl (C=O) groups is 2. The SMILES string of the molecule is CN(CC(=O)Nc1ccc(Cl)cc1)CC(=O)Nc1cc(F)ccc1F. The second-order valence-electron chi connectivity index (χ2n) is 5.40. The van der Waals surface area contributed by atoms with Gasteiger partial charge in [-0.2, -0.15) is 0 Å². The minimum absolute atomic E-state index is 0.0539. The molecular formula is C17H16ClF2N3O2. The molecule has 0 unspecified atom stereocenters. The van der Waals surface area contributed by atoms with Crippen LogP contribution in [0.15, 0.2) is 42.5 Å². The summed E-state index contributed by atoms with van der Waals surface area (Å²) in [7, 11) is 1.56. The van der Waals surface area contributed by atoms with Gasteiger partial charge in [-0.3, -0.25) is 14.5 Å². The van der Waals surface area contributed by atoms with Crippen LogP contribution in [-0.2, 0) is 9.59 Å². The highest BCUT2D eigenvalue weighted by molar-refractivity contribution is 6.30. The van der Waals surface area contributed by atoms with Gasteiger partial charge in [0.25, 0.3) is 0 Å². The number of amides is 2. The number of anilines is 2. The number of halogens is 3. The molecule has 2 aromatic rings. The van der Waals surface area contributed by atoms with Gasteiger partial charge in [-0.1, -0.05) is 11.6 Å². The number of nitrogens with zero attached hydrogens (tertiary/aromatic N) is 1. The zero-order chi connectivity index (χ0) is 18.4. The Bertz CT molecular complexity index is 769. The van der Waals surface area contributed by atoms with Crippen molar-refractivity contribution in [1.29, 1.82) is 0 Å². The maximum Gasteiger partial charge on any atom is 0.238 e. The molecule has 0 aliphatic carbocycles. The van der Waals surface area contributed by atoms with Crippen molar-refractivity contribution < 1.29 is 18.4 Å². The first kappa shape index (κ1) is 18.8. The molecule has 0 radical (unpaired) electrons. The molecule has 0 saturated heterocycles. The topological polar surface area (TPSA) is 61.4 Å². The van der Waals surface area contributed by atoms with Crippen molar-refractivity contribution in [3.63, 3.8) is 0 Å². The fourth-order valence-electron chi connectivity index (χ4n) is 2.06. The van der Waals surface area contributed by atoms with Crippen molar-refractivity contribution in [3.8, 4) is 0 Å². The summed E-state index contributed by atoms with van der Waals surface area (Å²) in [5, 5.41) is 5.48. The lowest BCUT2D eigenvalue weighted by atomic mass is 10.3. The van der Waals surface area contributed by atoms with Crippen LogP contribution in [0.3, 0.4) is 0 Å². The molecule has 0 aliphatic rings. The van der Waals surface area contributed by atoms with E-state index in [1.165, 1.54) is 4.90 Å². The van der Waals surface area contributed by atoms with Gasteiger partial charge in [-0.05, 0) is 43.4 Å². The zero-order valence-electron chi connectivity index (χ0n) is 13.4. The van der Waals surface area contributed by atoms with Gasteiger partial charge in [0.15, 0.2) is 0 Å². The summed E-state index contributed by atoms with van der Waals surface area (Å²) in [6.45, 7) is -0.217. The number of benzene rings is 2. The van der Waals surface area contributed by atoms with Gasteiger partial charge in [0.1, 0.15) is 11.6 Å². The fraction of sp³-hybridized carbons (Fsp3) is 0.176. The van der Waals surface area contributed by atoms with Crippen LogP contribution >= 0.6 is 11.6 Å². The molecule has 2 N–H and O–H groups in total. The van der Waals surface area contributed by atoms with Crippen LogP contribution in [0, 0.1) is 11.6 Å². The third-order valence-corrected chi connectivity index (χ3v) is 3.41. The van der Waals surface area contributed by atoms with Crippen LogP contribution < -0.4 is 10.6 Å². The fourth-order valence-corrected chi connectivity index (χ4v) is 2.19. The van der Waals surface area contributed by atoms with Gasteiger partial charge in [-0.15, -0.1) is 0 Å². The third-order valence-electron chi connectivity index (χ3n) is 3.16. The van der Waals surface area contributed by atoms with Gasteiger partial charge in [0, 0.05) is 16.8 Å². The standard InChI is InChI=1S/C17H16ClF2N3O2/c1-23(9-16(24)21-13-5-2-11(18)3-6-13)10-17(25)22-15-8-12(19)4-7-14(15)20/h2-8H,9-10H2,1H3,(H,21,24)(H,22,25). The van der Waals surface area contributed by atoms with Crippen LogP contribution in [0.5, 0.6) is 0 Å². The maximum absolute atomic E-state index is 13.5. The molecular weight excluding hydrogens is 352 g/mol. The summed E-state index contributed by atoms with van der Waals surface area (Å²) in [6, 6.07) is 9.36. The molecule has 0 aromatic heterocycles. The van der Waals surface area contributed by atoms with E-state index in [0.29, 0.717) is 10.7 Å². The number of nitrogens with one attached hydrogen (secondary N) is 2. The highest BCUT2D eigenvalue weighted by Crippen LogP contribution is 2.15. The number of carbonyl (C=O) groups excluding carboxylic acids is 2. The first-order valence-electron chi connectivity index (χ1n) is 7.32. The Morgan fingerprint density at radius 2 is 1.60 bits per heavy atom. The van der Waals surface area contributed by atoms with Gasteiger partial charge in [0.05, 0.1) is 18.8 Å². The van der Waals surface area contributed by atoms with E-state index >= 15 is 0 Å². The van der Waals surface area contributed by atoms with Crippen molar-refractivity contribution in [2.24, 2.45) is 0 Å². The highest BCUT2D eigenvalue weighted by Gasteiger charge is 2.13. The van der Waals surface area contributed by atoms with Crippen LogP contribution in [0.1, 0.15) is 0 Å². The van der Waals surface area contributed by atoms with Crippen molar-refractivity contribution >= 4 is 34.8 Å². The average Bonchev–Trinajstić information content (AvgIpc) is 2.52. The Labute approximate surface area is 148 Å². The molecule has 0 fully saturated rings. The lowest BCUT2D eigenvalue weighted by Gasteiger charge is -2.16. The summed E-state index contributed by atoms with van der Waals surface area (Å²) in [6.07, 6.45) is 0. The number of hydrogen-bond donors (Lipinski definition) is 2. The van der Waals surface area contributed by atoms with E-state index < -0.39 is 17.5 Å². The van der Waals surface area contributed by atoms with Crippen LogP contribution in [0.2, 0.25) is 5.02 Å². The van der Waals surface area contributed by atoms with Gasteiger partial charge >= 0.3 is 0 Å². The molecule has 5 nitrogen and oxygen atoms in total. The predicted octanol–water partition coefficient (Wildman–Crippen LogP) is 3.13. The molecule has 0 atom stereocenters. The number of hydrogen-bond acceptors (Lipinski definition) is 3. The maximum atomic E-state index is 13.5. The van der Waals surface area contributed by atoms with Gasteiger partial charge in [-0.25, -0.2) is 8.78 Å². The van der Waals surface area contributed by atoms with E-state index in [0.717, 1.165) is 18.2 Å². The van der Waals surface area contributed by atoms with E-state index in [4.69, 9.17) is 11.6 Å². The molecule has 2 aromatic carbocycles. The summed E-state index contributed by atoms with van der Waals surface area (Å²) >= 11 is 5.76. The molecule has 0 spiro atoms. The molecule has 8 heteroatoms. The molecule has 25 heavy (non-hydrogen) atoms. The van der Waals surface area contributed by atoms with Crippen molar-refractivity contribution in [2.45, 2.75) is 0 Å². The Balaban J connectivity index is 1.83. The Morgan fingerprint density at radius 3 is 2.24 bits per heavy atom. The van der Waals surface area contributed by atoms with E-state index in [1.54, 1.807) is 31.3 Å². The van der Waals surface area contributed by atoms with Gasteiger partial charge in [0.2, 0.25) is 11.8 Å². The van der Waals surface area contributed by atoms with E-state index in [1.807, 2.05) is 0 Å². The predicted molar refractivity (Wildman–Crippen MR) is 92.6 cm³/mol. The zero-order valence-corrected chi connectivity index (χ0v) is 14.1. The van der Waals surface area contributed by atoms with Crippen molar-refractivity contribution in [3.05, 3.63) is 59.1 Å². The molecule has 2 rings (SSSR count). The molecule has 0 aliphatic heterocycles. The lowest BCUT2D eigenvalue weighted by Crippen LogP contribution is -2.36. The molecule has 0 bridgehead atoms. The smallest absolute Gasteiger partial charge is 0.238 e. The largest absolute Gasteiger partial charge is 0.325 e. The second-order valence-corrected chi connectivity index (χ2v) is 5.84. The Morgan fingerprint density at radius 1 is 1.00 bits per heavy atom. The van der Waals surface area contributed by atoms with Crippen LogP contribution in [-0.4, -0.2) is 36.9 Å². The molecule has 0 heterocycles. The summed E-state index contributed by atoms with van der Waals surface area (Å²) in [5.41, 5.74) is 0.332. The molecule has 2 amide bonds. The summed E-state index contributed by atoms with van der Waals surface area (Å²) < 4.78 is 26.6. The van der Waals surface area contributed by atoms with E-state index in [9.17, 15) is 18.4 Å². The normalized spacial score (nSPS) is 10.6. The monoisotopic (exact) mass is 367 g/mol. The number of rotatable bonds is 6. The van der Waals surface area contributed by atoms with Crippen molar-refractivity contribution in [2.75, 3.05) is 30.8 Å². The highest BCUT2D eigenvalue weighted by atomic mass is 35.5. The summed E-state index contributed by atoms with van der Waals surface area (Å²) in [4.78, 5) is 25.2. The van der Waals surface area contributed by atoms with Crippen molar-refractivity contribution in [1.82, 2.24) is 4.90 Å². The summed E-state index contributed by atoms with van der Waals surface area (Å²) in [5.74, 6) is -2.29. The quantitative estimate of drug-likeness (QED) is 0.824. The Kier molecular flexibility index (Phi) is 6.44. The third kappa shape index (κ3) is 6.13. The average molecular weight is 368 g/mol. The van der Waals surface area contributed by atoms with E-state index in [2.05, 4.69) is 10.6 Å².